The number of nitrogen functional groups attached to an aromatic ring is 5. The molecule has 18 aromatic rings. The summed E-state index contributed by atoms with van der Waals surface area (Å²) in [6.07, 6.45) is 34.0. The molecule has 0 spiro atoms. The van der Waals surface area contributed by atoms with E-state index in [1.807, 2.05) is 43.1 Å². The van der Waals surface area contributed by atoms with E-state index in [4.69, 9.17) is 33.4 Å². The maximum Gasteiger partial charge on any atom is 0.263 e. The van der Waals surface area contributed by atoms with Crippen LogP contribution < -0.4 is 55.3 Å². The number of hydrogen-bond acceptors (Lipinski definition) is 30. The van der Waals surface area contributed by atoms with E-state index in [2.05, 4.69) is 117 Å². The van der Waals surface area contributed by atoms with E-state index in [-0.39, 0.29) is 108 Å². The molecule has 0 aliphatic carbocycles. The molecule has 2 saturated heterocycles. The van der Waals surface area contributed by atoms with Crippen molar-refractivity contribution in [1.82, 2.24) is 131 Å². The summed E-state index contributed by atoms with van der Waals surface area (Å²) in [5.74, 6) is -5.55. The van der Waals surface area contributed by atoms with Gasteiger partial charge in [-0.25, -0.2) is 88.8 Å². The quantitative estimate of drug-likeness (QED) is 0.0408. The number of likely N-dealkylation sites (tertiary alicyclic amines) is 1. The molecule has 0 radical (unpaired) electrons. The predicted octanol–water partition coefficient (Wildman–Crippen LogP) is 8.07. The Hall–Kier alpha value is -18.2. The molecule has 6 amide bonds. The van der Waals surface area contributed by atoms with Gasteiger partial charge in [0, 0.05) is 89.1 Å². The van der Waals surface area contributed by atoms with Crippen LogP contribution in [0.15, 0.2) is 173 Å². The van der Waals surface area contributed by atoms with Gasteiger partial charge in [-0.1, -0.05) is 0 Å². The minimum absolute atomic E-state index is 0.0229. The molecule has 1 unspecified atom stereocenters. The number of aryl methyl sites for hydroxylation is 4. The number of nitrogens with one attached hydrogen (secondary N) is 5. The number of pyridine rings is 5. The third-order valence-corrected chi connectivity index (χ3v) is 20.9. The zero-order chi connectivity index (χ0) is 93.7. The van der Waals surface area contributed by atoms with Crippen molar-refractivity contribution in [3.8, 4) is 33.8 Å². The van der Waals surface area contributed by atoms with Gasteiger partial charge in [-0.05, 0) is 62.1 Å². The summed E-state index contributed by atoms with van der Waals surface area (Å²) in [4.78, 5) is 130. The third-order valence-electron chi connectivity index (χ3n) is 20.9. The first-order valence-electron chi connectivity index (χ1n) is 39.7. The summed E-state index contributed by atoms with van der Waals surface area (Å²) in [5.41, 5.74) is 38.4. The fourth-order valence-corrected chi connectivity index (χ4v) is 14.5. The second-order valence-corrected chi connectivity index (χ2v) is 29.6. The average Bonchev–Trinajstić information content (AvgIpc) is 1.61. The lowest BCUT2D eigenvalue weighted by Gasteiger charge is -2.18. The third kappa shape index (κ3) is 18.4. The number of amides is 6. The van der Waals surface area contributed by atoms with Gasteiger partial charge in [0.1, 0.15) is 33.6 Å². The number of halogens is 6. The number of fused-ring (bicyclic) bond motifs is 5. The highest BCUT2D eigenvalue weighted by Gasteiger charge is 2.31. The van der Waals surface area contributed by atoms with Gasteiger partial charge in [0.05, 0.1) is 188 Å². The summed E-state index contributed by atoms with van der Waals surface area (Å²) < 4.78 is 97.3. The summed E-state index contributed by atoms with van der Waals surface area (Å²) in [7, 11) is 5.43. The molecule has 2 aliphatic rings. The Morgan fingerprint density at radius 1 is 0.436 bits per heavy atom. The minimum atomic E-state index is -0.683. The van der Waals surface area contributed by atoms with Crippen molar-refractivity contribution in [1.29, 1.82) is 0 Å². The number of hydrogen-bond donors (Lipinski definition) is 10. The Labute approximate surface area is 743 Å². The van der Waals surface area contributed by atoms with Crippen molar-refractivity contribution in [3.63, 3.8) is 0 Å². The SMILES string of the molecule is Cc1ncc(-c2ccncc2NC(=O)c2c(N)nn3cc(F)cnc23)n1C.Cc1ncn(C)c1-c1ccncc1NC(=O)c1c(N)nn2cc(F)cnc12.Cn1cncc1-c1c(F)cncc1NC(=O)c1c(N)nn2cc(F)cnc12.Nc1nn2cc(F)cnc2c1C(=O)Nc1cnccc1C1CCOC1.Nc1nn2cc(F)cnc2c1C(=O)Nc1cnccc1CN1CCCC1=O. The molecule has 44 nitrogen and oxygen atoms in total. The topological polar surface area (TPSA) is 574 Å². The molecular weight excluding hydrogens is 1740 g/mol. The van der Waals surface area contributed by atoms with E-state index in [9.17, 15) is 55.1 Å². The van der Waals surface area contributed by atoms with E-state index in [1.165, 1.54) is 37.3 Å². The number of imidazole rings is 3. The molecule has 0 saturated carbocycles. The highest BCUT2D eigenvalue weighted by Crippen LogP contribution is 2.36. The fraction of sp³-hybridized carbons (Fsp3) is 0.157. The van der Waals surface area contributed by atoms with Crippen LogP contribution in [0.5, 0.6) is 0 Å². The Morgan fingerprint density at radius 2 is 0.850 bits per heavy atom. The van der Waals surface area contributed by atoms with Crippen LogP contribution in [0, 0.1) is 48.8 Å². The van der Waals surface area contributed by atoms with Crippen LogP contribution in [0.3, 0.4) is 0 Å². The Bertz CT molecular complexity index is 7560. The fourth-order valence-electron chi connectivity index (χ4n) is 14.5. The van der Waals surface area contributed by atoms with Crippen molar-refractivity contribution < 1.29 is 59.8 Å². The molecule has 133 heavy (non-hydrogen) atoms. The highest BCUT2D eigenvalue weighted by molar-refractivity contribution is 6.16. The van der Waals surface area contributed by atoms with E-state index in [0.717, 1.165) is 149 Å². The Morgan fingerprint density at radius 3 is 1.26 bits per heavy atom. The van der Waals surface area contributed by atoms with Gasteiger partial charge in [0.2, 0.25) is 5.91 Å². The molecule has 0 aromatic carbocycles. The molecule has 1 atom stereocenters. The van der Waals surface area contributed by atoms with Gasteiger partial charge < -0.3 is 78.6 Å². The van der Waals surface area contributed by atoms with Crippen LogP contribution in [-0.2, 0) is 37.2 Å². The van der Waals surface area contributed by atoms with Gasteiger partial charge in [0.25, 0.3) is 29.5 Å². The maximum absolute atomic E-state index is 14.4. The molecule has 50 heteroatoms. The molecule has 15 N–H and O–H groups in total. The molecule has 2 aliphatic heterocycles. The van der Waals surface area contributed by atoms with Crippen LogP contribution in [0.2, 0.25) is 0 Å². The molecule has 2 fully saturated rings. The minimum Gasteiger partial charge on any atom is -0.381 e. The average molecular weight is 1810 g/mol. The lowest BCUT2D eigenvalue weighted by molar-refractivity contribution is -0.128. The summed E-state index contributed by atoms with van der Waals surface area (Å²) in [6.45, 7) is 6.12. The Balaban J connectivity index is 0.000000121. The number of nitrogens with two attached hydrogens (primary N) is 5. The summed E-state index contributed by atoms with van der Waals surface area (Å²) >= 11 is 0. The van der Waals surface area contributed by atoms with Crippen molar-refractivity contribution in [2.45, 2.75) is 45.6 Å². The van der Waals surface area contributed by atoms with Crippen molar-refractivity contribution in [3.05, 3.63) is 259 Å². The smallest absolute Gasteiger partial charge is 0.263 e. The van der Waals surface area contributed by atoms with Gasteiger partial charge >= 0.3 is 0 Å². The number of nitrogens with zero attached hydrogens (tertiary/aromatic N) is 27. The van der Waals surface area contributed by atoms with Crippen molar-refractivity contribution >= 4 is 121 Å². The Kier molecular flexibility index (Phi) is 24.8. The standard InChI is InChI=1S/2C17H15FN8O.C17H16FN7O2.C16H12F2N8O.C16H15FN6O2/c1-9-21-7-13(25(9)2)11-3-4-20-6-12(11)23-17(27)14-15(19)24-26-8-10(18)5-22-16(14)26;1-9-14(25(2)8-22-9)11-3-4-20-6-12(11)23-17(27)13-15(19)24-26-7-10(18)5-21-16(13)26;18-11-6-21-16-14(15(19)23-25(16)9-11)17(27)22-12-7-20-4-3-10(12)8-24-5-1-2-13(24)26;1-25-7-21-5-11(25)12-9(18)3-20-4-10(12)23-16(27)13-14(19)24-26-6-8(17)2-22-15(13)26;17-10-5-20-15-13(14(18)22-23(15)7-10)16(24)21-12-6-19-3-1-11(12)9-2-4-25-8-9/h2*3-8H,1-2H3,(H2,19,24)(H,23,27);3-4,6-7,9H,1-2,5,8H2,(H2,19,23)(H,22,27);2-7H,1H3,(H2,19,24)(H,23,27);1,3,5-7,9H,2,4,8H2,(H2,18,22)(H,21,24). The molecule has 0 bridgehead atoms. The monoisotopic (exact) mass is 1810 g/mol. The van der Waals surface area contributed by atoms with Crippen LogP contribution in [0.25, 0.3) is 62.0 Å². The lowest BCUT2D eigenvalue weighted by Crippen LogP contribution is -2.25. The summed E-state index contributed by atoms with van der Waals surface area (Å²) in [6, 6.07) is 7.17. The number of anilines is 10. The summed E-state index contributed by atoms with van der Waals surface area (Å²) in [5, 5.41) is 33.3. The van der Waals surface area contributed by atoms with E-state index < -0.39 is 64.4 Å². The lowest BCUT2D eigenvalue weighted by atomic mass is 9.98. The van der Waals surface area contributed by atoms with Gasteiger partial charge in [0.15, 0.2) is 92.2 Å². The predicted molar refractivity (Wildman–Crippen MR) is 467 cm³/mol. The molecule has 20 rings (SSSR count). The normalized spacial score (nSPS) is 12.8. The molecule has 18 aromatic heterocycles. The number of aromatic nitrogens is 26. The van der Waals surface area contributed by atoms with Gasteiger partial charge in [-0.3, -0.25) is 53.7 Å². The van der Waals surface area contributed by atoms with Crippen LogP contribution in [0.1, 0.15) is 99.6 Å². The van der Waals surface area contributed by atoms with E-state index in [0.29, 0.717) is 61.2 Å². The van der Waals surface area contributed by atoms with E-state index >= 15 is 0 Å². The van der Waals surface area contributed by atoms with E-state index in [1.54, 1.807) is 78.2 Å². The van der Waals surface area contributed by atoms with Crippen molar-refractivity contribution in [2.24, 2.45) is 21.1 Å². The number of rotatable bonds is 16. The van der Waals surface area contributed by atoms with Crippen LogP contribution in [-0.4, -0.2) is 187 Å². The molecule has 674 valence electrons. The largest absolute Gasteiger partial charge is 0.381 e. The van der Waals surface area contributed by atoms with Crippen LogP contribution >= 0.6 is 0 Å². The number of ether oxygens (including phenoxy) is 1. The first-order valence-corrected chi connectivity index (χ1v) is 39.7. The van der Waals surface area contributed by atoms with Gasteiger partial charge in [-0.15, -0.1) is 25.5 Å². The number of carbonyl (C=O) groups is 6. The molecular formula is C83H73F6N37O7. The first-order chi connectivity index (χ1) is 64.0. The zero-order valence-corrected chi connectivity index (χ0v) is 70.3. The maximum atomic E-state index is 14.4. The zero-order valence-electron chi connectivity index (χ0n) is 70.3. The van der Waals surface area contributed by atoms with Crippen molar-refractivity contribution in [2.75, 3.05) is 75.0 Å². The second kappa shape index (κ2) is 37.4. The van der Waals surface area contributed by atoms with Gasteiger partial charge in [-0.2, -0.15) is 0 Å². The number of carbonyl (C=O) groups excluding carboxylic acids is 6. The second-order valence-electron chi connectivity index (χ2n) is 29.6. The first kappa shape index (κ1) is 88.3. The highest BCUT2D eigenvalue weighted by atomic mass is 19.1. The molecule has 20 heterocycles. The van der Waals surface area contributed by atoms with Crippen LogP contribution in [0.4, 0.5) is 83.9 Å².